The van der Waals surface area contributed by atoms with E-state index in [0.717, 1.165) is 12.8 Å². The summed E-state index contributed by atoms with van der Waals surface area (Å²) in [5, 5.41) is 6.14. The summed E-state index contributed by atoms with van der Waals surface area (Å²) in [6.45, 7) is 2.84. The highest BCUT2D eigenvalue weighted by Crippen LogP contribution is 2.19. The molecule has 2 aliphatic rings. The van der Waals surface area contributed by atoms with Crippen LogP contribution in [0, 0.1) is 0 Å². The Labute approximate surface area is 173 Å². The Balaban J connectivity index is 1.46. The van der Waals surface area contributed by atoms with Gasteiger partial charge in [0.05, 0.1) is 10.6 Å². The fourth-order valence-electron chi connectivity index (χ4n) is 3.99. The second-order valence-electron chi connectivity index (χ2n) is 7.95. The van der Waals surface area contributed by atoms with Gasteiger partial charge >= 0.3 is 6.03 Å². The van der Waals surface area contributed by atoms with Crippen molar-refractivity contribution in [2.24, 2.45) is 0 Å². The third-order valence-electron chi connectivity index (χ3n) is 5.91. The first-order valence-corrected chi connectivity index (χ1v) is 12.2. The Bertz CT molecular complexity index is 809. The number of carbonyl (C=O) groups is 2. The molecule has 1 aliphatic carbocycles. The Morgan fingerprint density at radius 2 is 1.52 bits per heavy atom. The van der Waals surface area contributed by atoms with E-state index in [-0.39, 0.29) is 28.6 Å². The number of hydrogen-bond donors (Lipinski definition) is 2. The molecule has 1 saturated carbocycles. The fourth-order valence-corrected chi connectivity index (χ4v) is 4.87. The number of amides is 3. The van der Waals surface area contributed by atoms with Crippen LogP contribution in [-0.4, -0.2) is 56.2 Å². The Hall–Kier alpha value is -2.09. The number of rotatable bonds is 5. The normalized spacial score (nSPS) is 19.0. The van der Waals surface area contributed by atoms with Crippen molar-refractivity contribution in [2.45, 2.75) is 68.8 Å². The van der Waals surface area contributed by atoms with E-state index < -0.39 is 9.84 Å². The number of nitrogens with one attached hydrogen (secondary N) is 2. The molecule has 8 heteroatoms. The predicted octanol–water partition coefficient (Wildman–Crippen LogP) is 2.72. The standard InChI is InChI=1S/C21H31N3O4S/c1-2-29(27,28)19-10-8-16(9-11-19)20(25)22-18-12-14-24(15-13-18)21(26)23-17-6-4-3-5-7-17/h8-11,17-18H,2-7,12-15H2,1H3,(H,22,25)(H,23,26). The summed E-state index contributed by atoms with van der Waals surface area (Å²) in [7, 11) is -3.27. The minimum absolute atomic E-state index is 0.00870. The molecule has 1 saturated heterocycles. The van der Waals surface area contributed by atoms with Gasteiger partial charge in [-0.2, -0.15) is 0 Å². The van der Waals surface area contributed by atoms with E-state index >= 15 is 0 Å². The quantitative estimate of drug-likeness (QED) is 0.764. The van der Waals surface area contributed by atoms with Crippen LogP contribution in [0.4, 0.5) is 4.79 Å². The van der Waals surface area contributed by atoms with Crippen molar-refractivity contribution < 1.29 is 18.0 Å². The number of sulfone groups is 1. The van der Waals surface area contributed by atoms with Gasteiger partial charge in [-0.05, 0) is 49.9 Å². The minimum Gasteiger partial charge on any atom is -0.349 e. The number of hydrogen-bond acceptors (Lipinski definition) is 4. The number of likely N-dealkylation sites (tertiary alicyclic amines) is 1. The molecule has 1 heterocycles. The van der Waals surface area contributed by atoms with Crippen LogP contribution in [0.15, 0.2) is 29.2 Å². The molecule has 0 bridgehead atoms. The molecular formula is C21H31N3O4S. The van der Waals surface area contributed by atoms with Gasteiger partial charge in [0.15, 0.2) is 9.84 Å². The van der Waals surface area contributed by atoms with Crippen molar-refractivity contribution in [1.29, 1.82) is 0 Å². The van der Waals surface area contributed by atoms with Crippen LogP contribution < -0.4 is 10.6 Å². The lowest BCUT2D eigenvalue weighted by Crippen LogP contribution is -2.51. The molecule has 2 N–H and O–H groups in total. The first kappa shape index (κ1) is 21.6. The maximum atomic E-state index is 12.5. The van der Waals surface area contributed by atoms with Crippen molar-refractivity contribution in [3.05, 3.63) is 29.8 Å². The summed E-state index contributed by atoms with van der Waals surface area (Å²) in [5.74, 6) is -0.179. The molecule has 3 amide bonds. The predicted molar refractivity (Wildman–Crippen MR) is 112 cm³/mol. The first-order chi connectivity index (χ1) is 13.9. The first-order valence-electron chi connectivity index (χ1n) is 10.6. The van der Waals surface area contributed by atoms with Gasteiger partial charge < -0.3 is 15.5 Å². The van der Waals surface area contributed by atoms with E-state index in [1.807, 2.05) is 4.90 Å². The van der Waals surface area contributed by atoms with Gasteiger partial charge in [-0.1, -0.05) is 26.2 Å². The van der Waals surface area contributed by atoms with Crippen LogP contribution in [0.1, 0.15) is 62.2 Å². The number of piperidine rings is 1. The maximum Gasteiger partial charge on any atom is 0.317 e. The van der Waals surface area contributed by atoms with Gasteiger partial charge in [-0.25, -0.2) is 13.2 Å². The monoisotopic (exact) mass is 421 g/mol. The van der Waals surface area contributed by atoms with E-state index in [9.17, 15) is 18.0 Å². The van der Waals surface area contributed by atoms with Gasteiger partial charge in [-0.15, -0.1) is 0 Å². The third-order valence-corrected chi connectivity index (χ3v) is 7.66. The van der Waals surface area contributed by atoms with Crippen LogP contribution in [0.5, 0.6) is 0 Å². The van der Waals surface area contributed by atoms with E-state index in [1.165, 1.54) is 31.4 Å². The van der Waals surface area contributed by atoms with Crippen molar-refractivity contribution in [2.75, 3.05) is 18.8 Å². The molecular weight excluding hydrogens is 390 g/mol. The molecule has 29 heavy (non-hydrogen) atoms. The maximum absolute atomic E-state index is 12.5. The molecule has 0 spiro atoms. The Morgan fingerprint density at radius 1 is 0.931 bits per heavy atom. The number of nitrogens with zero attached hydrogens (tertiary/aromatic N) is 1. The third kappa shape index (κ3) is 5.72. The number of urea groups is 1. The molecule has 7 nitrogen and oxygen atoms in total. The summed E-state index contributed by atoms with van der Waals surface area (Å²) in [6.07, 6.45) is 7.19. The Kier molecular flexibility index (Phi) is 7.16. The largest absolute Gasteiger partial charge is 0.349 e. The van der Waals surface area contributed by atoms with Crippen molar-refractivity contribution >= 4 is 21.8 Å². The molecule has 1 aliphatic heterocycles. The highest BCUT2D eigenvalue weighted by molar-refractivity contribution is 7.91. The zero-order valence-corrected chi connectivity index (χ0v) is 17.8. The van der Waals surface area contributed by atoms with E-state index in [4.69, 9.17) is 0 Å². The van der Waals surface area contributed by atoms with E-state index in [0.29, 0.717) is 37.5 Å². The second kappa shape index (κ2) is 9.61. The van der Waals surface area contributed by atoms with Crippen molar-refractivity contribution in [3.8, 4) is 0 Å². The average molecular weight is 422 g/mol. The molecule has 3 rings (SSSR count). The van der Waals surface area contributed by atoms with Crippen molar-refractivity contribution in [3.63, 3.8) is 0 Å². The number of carbonyl (C=O) groups excluding carboxylic acids is 2. The van der Waals surface area contributed by atoms with Gasteiger partial charge in [0.1, 0.15) is 0 Å². The van der Waals surface area contributed by atoms with Crippen LogP contribution in [0.2, 0.25) is 0 Å². The van der Waals surface area contributed by atoms with Gasteiger partial charge in [-0.3, -0.25) is 4.79 Å². The summed E-state index contributed by atoms with van der Waals surface area (Å²) in [4.78, 5) is 27.0. The van der Waals surface area contributed by atoms with Crippen LogP contribution >= 0.6 is 0 Å². The summed E-state index contributed by atoms with van der Waals surface area (Å²) >= 11 is 0. The SMILES string of the molecule is CCS(=O)(=O)c1ccc(C(=O)NC2CCN(C(=O)NC3CCCCC3)CC2)cc1. The summed E-state index contributed by atoms with van der Waals surface area (Å²) in [5.41, 5.74) is 0.442. The van der Waals surface area contributed by atoms with Crippen LogP contribution in [0.25, 0.3) is 0 Å². The summed E-state index contributed by atoms with van der Waals surface area (Å²) in [6, 6.07) is 6.37. The fraction of sp³-hybridized carbons (Fsp3) is 0.619. The van der Waals surface area contributed by atoms with Crippen LogP contribution in [0.3, 0.4) is 0 Å². The van der Waals surface area contributed by atoms with Gasteiger partial charge in [0, 0.05) is 30.7 Å². The highest BCUT2D eigenvalue weighted by atomic mass is 32.2. The van der Waals surface area contributed by atoms with Gasteiger partial charge in [0.2, 0.25) is 0 Å². The Morgan fingerprint density at radius 3 is 2.10 bits per heavy atom. The molecule has 2 fully saturated rings. The topological polar surface area (TPSA) is 95.6 Å². The lowest BCUT2D eigenvalue weighted by atomic mass is 9.95. The summed E-state index contributed by atoms with van der Waals surface area (Å²) < 4.78 is 23.7. The lowest BCUT2D eigenvalue weighted by Gasteiger charge is -2.34. The molecule has 160 valence electrons. The van der Waals surface area contributed by atoms with E-state index in [1.54, 1.807) is 19.1 Å². The van der Waals surface area contributed by atoms with Crippen molar-refractivity contribution in [1.82, 2.24) is 15.5 Å². The molecule has 1 aromatic carbocycles. The number of benzene rings is 1. The lowest BCUT2D eigenvalue weighted by molar-refractivity contribution is 0.0917. The van der Waals surface area contributed by atoms with Gasteiger partial charge in [0.25, 0.3) is 5.91 Å². The molecule has 1 aromatic rings. The zero-order chi connectivity index (χ0) is 20.9. The smallest absolute Gasteiger partial charge is 0.317 e. The van der Waals surface area contributed by atoms with Crippen LogP contribution in [-0.2, 0) is 9.84 Å². The average Bonchev–Trinajstić information content (AvgIpc) is 2.75. The molecule has 0 radical (unpaired) electrons. The second-order valence-corrected chi connectivity index (χ2v) is 10.2. The van der Waals surface area contributed by atoms with E-state index in [2.05, 4.69) is 10.6 Å². The minimum atomic E-state index is -3.27. The molecule has 0 atom stereocenters. The highest BCUT2D eigenvalue weighted by Gasteiger charge is 2.26. The molecule has 0 aromatic heterocycles. The zero-order valence-electron chi connectivity index (χ0n) is 17.0. The molecule has 0 unspecified atom stereocenters.